The molecule has 0 aliphatic carbocycles. The van der Waals surface area contributed by atoms with E-state index >= 15 is 0 Å². The first-order valence-corrected chi connectivity index (χ1v) is 12.9. The van der Waals surface area contributed by atoms with Crippen LogP contribution >= 0.6 is 0 Å². The maximum Gasteiger partial charge on any atom is 0.573 e. The molecule has 0 amide bonds. The maximum atomic E-state index is 14.2. The van der Waals surface area contributed by atoms with E-state index in [-0.39, 0.29) is 16.8 Å². The number of likely N-dealkylation sites (N-methyl/N-ethyl adjacent to an activating group) is 1. The highest BCUT2D eigenvalue weighted by Gasteiger charge is 2.33. The van der Waals surface area contributed by atoms with Gasteiger partial charge in [-0.2, -0.15) is 0 Å². The number of anilines is 1. The van der Waals surface area contributed by atoms with Crippen molar-refractivity contribution in [3.8, 4) is 22.6 Å². The quantitative estimate of drug-likeness (QED) is 0.255. The Labute approximate surface area is 232 Å². The number of hydrogen-bond acceptors (Lipinski definition) is 8. The number of hydrogen-bond donors (Lipinski definition) is 2. The molecule has 2 atom stereocenters. The summed E-state index contributed by atoms with van der Waals surface area (Å²) in [6, 6.07) is 9.41. The van der Waals surface area contributed by atoms with Gasteiger partial charge in [-0.3, -0.25) is 19.2 Å². The largest absolute Gasteiger partial charge is 0.573 e. The van der Waals surface area contributed by atoms with E-state index in [2.05, 4.69) is 24.9 Å². The number of ether oxygens (including phenoxy) is 1. The van der Waals surface area contributed by atoms with Crippen LogP contribution in [-0.2, 0) is 0 Å². The lowest BCUT2D eigenvalue weighted by Gasteiger charge is -2.38. The predicted molar refractivity (Wildman–Crippen MR) is 145 cm³/mol. The topological polar surface area (TPSA) is 95.7 Å². The van der Waals surface area contributed by atoms with Gasteiger partial charge in [-0.05, 0) is 55.9 Å². The van der Waals surface area contributed by atoms with Crippen molar-refractivity contribution < 1.29 is 27.4 Å². The van der Waals surface area contributed by atoms with E-state index in [0.717, 1.165) is 25.4 Å². The number of aromatic nitrogens is 3. The summed E-state index contributed by atoms with van der Waals surface area (Å²) in [6.07, 6.45) is -2.42. The van der Waals surface area contributed by atoms with Crippen molar-refractivity contribution in [3.05, 3.63) is 77.4 Å². The fourth-order valence-corrected chi connectivity index (χ4v) is 4.79. The molecule has 13 heteroatoms. The lowest BCUT2D eigenvalue weighted by atomic mass is 10.0. The Kier molecular flexibility index (Phi) is 7.93. The molecule has 41 heavy (non-hydrogen) atoms. The van der Waals surface area contributed by atoms with Gasteiger partial charge < -0.3 is 20.1 Å². The molecule has 2 N–H and O–H groups in total. The molecule has 9 nitrogen and oxygen atoms in total. The Bertz CT molecular complexity index is 1600. The molecule has 0 bridgehead atoms. The van der Waals surface area contributed by atoms with E-state index in [9.17, 15) is 27.5 Å². The van der Waals surface area contributed by atoms with E-state index in [1.165, 1.54) is 41.4 Å². The Hall–Kier alpha value is -4.07. The Morgan fingerprint density at radius 3 is 2.54 bits per heavy atom. The van der Waals surface area contributed by atoms with Crippen molar-refractivity contribution in [2.24, 2.45) is 0 Å². The van der Waals surface area contributed by atoms with E-state index in [0.29, 0.717) is 29.7 Å². The van der Waals surface area contributed by atoms with E-state index in [1.807, 2.05) is 11.9 Å². The van der Waals surface area contributed by atoms with E-state index < -0.39 is 35.8 Å². The smallest absolute Gasteiger partial charge is 0.404 e. The van der Waals surface area contributed by atoms with Crippen LogP contribution in [-0.4, -0.2) is 81.3 Å². The van der Waals surface area contributed by atoms with Crippen LogP contribution in [0.4, 0.5) is 23.2 Å². The summed E-state index contributed by atoms with van der Waals surface area (Å²) in [6.45, 7) is 4.75. The number of alkyl halides is 3. The first-order chi connectivity index (χ1) is 19.5. The van der Waals surface area contributed by atoms with Crippen molar-refractivity contribution in [3.63, 3.8) is 0 Å². The molecule has 2 aromatic carbocycles. The number of fused-ring (bicyclic) bond motifs is 1. The van der Waals surface area contributed by atoms with Crippen LogP contribution in [0.25, 0.3) is 27.7 Å². The number of nitrogens with zero attached hydrogens (tertiary/aromatic N) is 5. The second-order valence-corrected chi connectivity index (χ2v) is 9.90. The summed E-state index contributed by atoms with van der Waals surface area (Å²) in [5, 5.41) is 13.9. The van der Waals surface area contributed by atoms with Crippen LogP contribution in [0.15, 0.2) is 66.0 Å². The summed E-state index contributed by atoms with van der Waals surface area (Å²) in [5.41, 5.74) is 0.679. The lowest BCUT2D eigenvalue weighted by Crippen LogP contribution is -2.53. The second-order valence-electron chi connectivity index (χ2n) is 9.90. The zero-order valence-electron chi connectivity index (χ0n) is 22.3. The molecule has 0 radical (unpaired) electrons. The van der Waals surface area contributed by atoms with Crippen LogP contribution in [0.5, 0.6) is 5.75 Å². The van der Waals surface area contributed by atoms with Crippen LogP contribution in [0.3, 0.4) is 0 Å². The molecule has 1 fully saturated rings. The van der Waals surface area contributed by atoms with Gasteiger partial charge in [0.05, 0.1) is 34.5 Å². The van der Waals surface area contributed by atoms with E-state index in [1.54, 1.807) is 19.1 Å². The fraction of sp³-hybridized carbons (Fsp3) is 0.321. The summed E-state index contributed by atoms with van der Waals surface area (Å²) in [5.74, 6) is -1.08. The number of aliphatic hydroxyl groups is 1. The van der Waals surface area contributed by atoms with Crippen molar-refractivity contribution in [1.29, 1.82) is 0 Å². The minimum atomic E-state index is -4.97. The van der Waals surface area contributed by atoms with Gasteiger partial charge in [0.25, 0.3) is 5.56 Å². The third-order valence-corrected chi connectivity index (χ3v) is 7.18. The predicted octanol–water partition coefficient (Wildman–Crippen LogP) is 3.85. The number of aliphatic hydroxyl groups excluding tert-OH is 1. The summed E-state index contributed by atoms with van der Waals surface area (Å²) >= 11 is 0. The summed E-state index contributed by atoms with van der Waals surface area (Å²) < 4.78 is 59.1. The molecule has 4 aromatic rings. The van der Waals surface area contributed by atoms with Crippen molar-refractivity contribution in [2.45, 2.75) is 25.6 Å². The zero-order valence-corrected chi connectivity index (χ0v) is 22.3. The highest BCUT2D eigenvalue weighted by Crippen LogP contribution is 2.33. The molecule has 1 aliphatic heterocycles. The van der Waals surface area contributed by atoms with Crippen LogP contribution in [0.1, 0.15) is 6.92 Å². The molecular formula is C28H28F4N6O3. The molecular weight excluding hydrogens is 544 g/mol. The first-order valence-electron chi connectivity index (χ1n) is 12.9. The fourth-order valence-electron chi connectivity index (χ4n) is 4.79. The van der Waals surface area contributed by atoms with Gasteiger partial charge in [0.15, 0.2) is 5.75 Å². The SMILES string of the molecule is CC(C(O)Nc1cc(-n2cnc3cc(-c4ccncc4F)ccc3c2=O)ccc1OC(F)(F)F)N1CCN(C)CC1. The number of halogens is 4. The second kappa shape index (κ2) is 11.4. The molecule has 3 heterocycles. The first kappa shape index (κ1) is 28.5. The monoisotopic (exact) mass is 572 g/mol. The van der Waals surface area contributed by atoms with Crippen LogP contribution < -0.4 is 15.6 Å². The van der Waals surface area contributed by atoms with E-state index in [4.69, 9.17) is 0 Å². The standard InChI is InChI=1S/C28H28F4N6O3/c1-17(37-11-9-36(2)10-12-37)26(39)35-24-14-19(4-6-25(24)41-28(30,31)32)38-16-34-23-13-18(3-5-21(23)27(38)40)20-7-8-33-15-22(20)29/h3-8,13-17,26,35,39H,9-12H2,1-2H3. The molecule has 1 saturated heterocycles. The van der Waals surface area contributed by atoms with Gasteiger partial charge in [0, 0.05) is 37.9 Å². The molecule has 216 valence electrons. The average molecular weight is 573 g/mol. The van der Waals surface area contributed by atoms with Gasteiger partial charge in [0.1, 0.15) is 18.4 Å². The van der Waals surface area contributed by atoms with Crippen molar-refractivity contribution in [1.82, 2.24) is 24.3 Å². The normalized spacial score (nSPS) is 16.5. The Morgan fingerprint density at radius 2 is 1.83 bits per heavy atom. The molecule has 5 rings (SSSR count). The van der Waals surface area contributed by atoms with Crippen molar-refractivity contribution >= 4 is 16.6 Å². The van der Waals surface area contributed by atoms with Gasteiger partial charge in [-0.1, -0.05) is 6.07 Å². The Balaban J connectivity index is 1.48. The number of piperazine rings is 1. The number of pyridine rings is 1. The minimum absolute atomic E-state index is 0.149. The van der Waals surface area contributed by atoms with Crippen LogP contribution in [0.2, 0.25) is 0 Å². The van der Waals surface area contributed by atoms with Crippen molar-refractivity contribution in [2.75, 3.05) is 38.5 Å². The molecule has 1 aliphatic rings. The van der Waals surface area contributed by atoms with Gasteiger partial charge in [0.2, 0.25) is 0 Å². The molecule has 0 spiro atoms. The summed E-state index contributed by atoms with van der Waals surface area (Å²) in [4.78, 5) is 25.6. The number of rotatable bonds is 7. The number of nitrogens with one attached hydrogen (secondary N) is 1. The maximum absolute atomic E-state index is 14.2. The van der Waals surface area contributed by atoms with Gasteiger partial charge in [-0.25, -0.2) is 9.37 Å². The molecule has 0 saturated carbocycles. The zero-order chi connectivity index (χ0) is 29.3. The highest BCUT2D eigenvalue weighted by molar-refractivity contribution is 5.83. The van der Waals surface area contributed by atoms with Crippen LogP contribution in [0, 0.1) is 5.82 Å². The summed E-state index contributed by atoms with van der Waals surface area (Å²) in [7, 11) is 1.99. The third kappa shape index (κ3) is 6.32. The Morgan fingerprint density at radius 1 is 1.07 bits per heavy atom. The minimum Gasteiger partial charge on any atom is -0.404 e. The highest BCUT2D eigenvalue weighted by atomic mass is 19.4. The number of benzene rings is 2. The molecule has 2 aromatic heterocycles. The lowest BCUT2D eigenvalue weighted by molar-refractivity contribution is -0.274. The van der Waals surface area contributed by atoms with Gasteiger partial charge >= 0.3 is 6.36 Å². The van der Waals surface area contributed by atoms with Gasteiger partial charge in [-0.15, -0.1) is 13.2 Å². The third-order valence-electron chi connectivity index (χ3n) is 7.18. The average Bonchev–Trinajstić information content (AvgIpc) is 2.93. The molecule has 2 unspecified atom stereocenters.